The molecule has 0 aromatic carbocycles. The Morgan fingerprint density at radius 3 is 2.89 bits per heavy atom. The van der Waals surface area contributed by atoms with Crippen molar-refractivity contribution < 1.29 is 4.79 Å². The van der Waals surface area contributed by atoms with E-state index in [-0.39, 0.29) is 5.91 Å². The number of nitrogens with zero attached hydrogens (tertiary/aromatic N) is 4. The van der Waals surface area contributed by atoms with Crippen molar-refractivity contribution in [2.75, 3.05) is 39.3 Å². The Morgan fingerprint density at radius 1 is 1.42 bits per heavy atom. The largest absolute Gasteiger partial charge is 0.349 e. The number of rotatable bonds is 5. The molecule has 19 heavy (non-hydrogen) atoms. The fourth-order valence-electron chi connectivity index (χ4n) is 2.44. The molecule has 1 aromatic rings. The standard InChI is InChI=1S/C12H20N6O/c19-12(14-3-6-17-4-1-2-5-17)11-9-18(16-15-11)10-7-13-8-10/h9-10,13H,1-8H2,(H,14,19). The van der Waals surface area contributed by atoms with Crippen LogP contribution in [0.5, 0.6) is 0 Å². The van der Waals surface area contributed by atoms with Gasteiger partial charge in [0.25, 0.3) is 5.91 Å². The van der Waals surface area contributed by atoms with Crippen molar-refractivity contribution in [3.63, 3.8) is 0 Å². The molecule has 0 spiro atoms. The molecule has 0 saturated carbocycles. The maximum absolute atomic E-state index is 11.9. The predicted octanol–water partition coefficient (Wildman–Crippen LogP) is -0.752. The number of carbonyl (C=O) groups excluding carboxylic acids is 1. The van der Waals surface area contributed by atoms with Crippen LogP contribution in [-0.2, 0) is 0 Å². The lowest BCUT2D eigenvalue weighted by molar-refractivity contribution is 0.0944. The molecule has 0 bridgehead atoms. The van der Waals surface area contributed by atoms with Gasteiger partial charge in [0.15, 0.2) is 5.69 Å². The Bertz CT molecular complexity index is 435. The van der Waals surface area contributed by atoms with Gasteiger partial charge < -0.3 is 15.5 Å². The summed E-state index contributed by atoms with van der Waals surface area (Å²) in [7, 11) is 0. The predicted molar refractivity (Wildman–Crippen MR) is 69.9 cm³/mol. The molecule has 3 rings (SSSR count). The van der Waals surface area contributed by atoms with Gasteiger partial charge in [-0.05, 0) is 25.9 Å². The molecule has 0 radical (unpaired) electrons. The maximum atomic E-state index is 11.9. The Balaban J connectivity index is 1.45. The van der Waals surface area contributed by atoms with E-state index in [1.165, 1.54) is 12.8 Å². The van der Waals surface area contributed by atoms with Crippen LogP contribution < -0.4 is 10.6 Å². The summed E-state index contributed by atoms with van der Waals surface area (Å²) in [5.74, 6) is -0.127. The SMILES string of the molecule is O=C(NCCN1CCCC1)c1cn(C2CNC2)nn1. The third-order valence-electron chi connectivity index (χ3n) is 3.79. The third-order valence-corrected chi connectivity index (χ3v) is 3.79. The van der Waals surface area contributed by atoms with Gasteiger partial charge >= 0.3 is 0 Å². The molecule has 3 heterocycles. The van der Waals surface area contributed by atoms with Crippen molar-refractivity contribution >= 4 is 5.91 Å². The van der Waals surface area contributed by atoms with Crippen molar-refractivity contribution in [3.05, 3.63) is 11.9 Å². The van der Waals surface area contributed by atoms with Crippen LogP contribution in [0.2, 0.25) is 0 Å². The summed E-state index contributed by atoms with van der Waals surface area (Å²) < 4.78 is 1.77. The Labute approximate surface area is 112 Å². The molecule has 2 aliphatic rings. The molecule has 0 aliphatic carbocycles. The van der Waals surface area contributed by atoms with E-state index in [9.17, 15) is 4.79 Å². The number of amides is 1. The van der Waals surface area contributed by atoms with E-state index in [0.29, 0.717) is 18.3 Å². The van der Waals surface area contributed by atoms with Crippen molar-refractivity contribution in [1.82, 2.24) is 30.5 Å². The minimum absolute atomic E-state index is 0.127. The van der Waals surface area contributed by atoms with E-state index < -0.39 is 0 Å². The average Bonchev–Trinajstić information content (AvgIpc) is 2.97. The molecule has 2 aliphatic heterocycles. The summed E-state index contributed by atoms with van der Waals surface area (Å²) in [6, 6.07) is 0.346. The highest BCUT2D eigenvalue weighted by Gasteiger charge is 2.21. The first-order valence-corrected chi connectivity index (χ1v) is 6.96. The molecule has 0 atom stereocenters. The highest BCUT2D eigenvalue weighted by atomic mass is 16.2. The van der Waals surface area contributed by atoms with Crippen LogP contribution >= 0.6 is 0 Å². The molecule has 2 saturated heterocycles. The Kier molecular flexibility index (Phi) is 3.74. The highest BCUT2D eigenvalue weighted by molar-refractivity contribution is 5.91. The Hall–Kier alpha value is -1.47. The minimum Gasteiger partial charge on any atom is -0.349 e. The van der Waals surface area contributed by atoms with Crippen LogP contribution in [0.15, 0.2) is 6.20 Å². The molecular weight excluding hydrogens is 244 g/mol. The van der Waals surface area contributed by atoms with Gasteiger partial charge in [0.1, 0.15) is 0 Å². The molecule has 104 valence electrons. The molecule has 1 amide bonds. The molecule has 2 N–H and O–H groups in total. The first kappa shape index (κ1) is 12.6. The lowest BCUT2D eigenvalue weighted by Crippen LogP contribution is -2.43. The van der Waals surface area contributed by atoms with Crippen molar-refractivity contribution in [2.45, 2.75) is 18.9 Å². The first-order chi connectivity index (χ1) is 9.33. The summed E-state index contributed by atoms with van der Waals surface area (Å²) in [6.07, 6.45) is 4.28. The second-order valence-corrected chi connectivity index (χ2v) is 5.20. The summed E-state index contributed by atoms with van der Waals surface area (Å²) in [6.45, 7) is 5.71. The van der Waals surface area contributed by atoms with Crippen molar-refractivity contribution in [2.24, 2.45) is 0 Å². The number of hydrogen-bond acceptors (Lipinski definition) is 5. The van der Waals surface area contributed by atoms with Crippen LogP contribution in [0.3, 0.4) is 0 Å². The number of aromatic nitrogens is 3. The molecule has 0 unspecified atom stereocenters. The van der Waals surface area contributed by atoms with Gasteiger partial charge in [-0.3, -0.25) is 4.79 Å². The lowest BCUT2D eigenvalue weighted by Gasteiger charge is -2.26. The van der Waals surface area contributed by atoms with Crippen LogP contribution in [0, 0.1) is 0 Å². The van der Waals surface area contributed by atoms with Crippen molar-refractivity contribution in [3.8, 4) is 0 Å². The zero-order valence-electron chi connectivity index (χ0n) is 11.0. The monoisotopic (exact) mass is 264 g/mol. The fraction of sp³-hybridized carbons (Fsp3) is 0.750. The van der Waals surface area contributed by atoms with E-state index in [1.807, 2.05) is 0 Å². The number of likely N-dealkylation sites (tertiary alicyclic amines) is 1. The van der Waals surface area contributed by atoms with Crippen LogP contribution in [0.4, 0.5) is 0 Å². The van der Waals surface area contributed by atoms with Gasteiger partial charge in [-0.25, -0.2) is 4.68 Å². The van der Waals surface area contributed by atoms with E-state index in [4.69, 9.17) is 0 Å². The fourth-order valence-corrected chi connectivity index (χ4v) is 2.44. The van der Waals surface area contributed by atoms with E-state index in [1.54, 1.807) is 10.9 Å². The number of carbonyl (C=O) groups is 1. The maximum Gasteiger partial charge on any atom is 0.273 e. The molecule has 1 aromatic heterocycles. The average molecular weight is 264 g/mol. The summed E-state index contributed by atoms with van der Waals surface area (Å²) >= 11 is 0. The molecular formula is C12H20N6O. The first-order valence-electron chi connectivity index (χ1n) is 6.96. The van der Waals surface area contributed by atoms with E-state index in [0.717, 1.165) is 32.7 Å². The topological polar surface area (TPSA) is 75.1 Å². The molecule has 7 nitrogen and oxygen atoms in total. The Morgan fingerprint density at radius 2 is 2.21 bits per heavy atom. The smallest absolute Gasteiger partial charge is 0.273 e. The van der Waals surface area contributed by atoms with Gasteiger partial charge in [0.2, 0.25) is 0 Å². The van der Waals surface area contributed by atoms with Crippen LogP contribution in [0.1, 0.15) is 29.4 Å². The van der Waals surface area contributed by atoms with E-state index >= 15 is 0 Å². The summed E-state index contributed by atoms with van der Waals surface area (Å²) in [5.41, 5.74) is 0.410. The van der Waals surface area contributed by atoms with Gasteiger partial charge in [-0.1, -0.05) is 5.21 Å². The molecule has 7 heteroatoms. The zero-order chi connectivity index (χ0) is 13.1. The van der Waals surface area contributed by atoms with Gasteiger partial charge in [0.05, 0.1) is 12.2 Å². The normalized spacial score (nSPS) is 20.4. The third kappa shape index (κ3) is 2.93. The van der Waals surface area contributed by atoms with Crippen molar-refractivity contribution in [1.29, 1.82) is 0 Å². The second-order valence-electron chi connectivity index (χ2n) is 5.20. The van der Waals surface area contributed by atoms with Crippen LogP contribution in [0.25, 0.3) is 0 Å². The minimum atomic E-state index is -0.127. The summed E-state index contributed by atoms with van der Waals surface area (Å²) in [5, 5.41) is 14.0. The highest BCUT2D eigenvalue weighted by Crippen LogP contribution is 2.09. The lowest BCUT2D eigenvalue weighted by atomic mass is 10.2. The number of hydrogen-bond donors (Lipinski definition) is 2. The summed E-state index contributed by atoms with van der Waals surface area (Å²) in [4.78, 5) is 14.3. The number of nitrogens with one attached hydrogen (secondary N) is 2. The van der Waals surface area contributed by atoms with Crippen LogP contribution in [-0.4, -0.2) is 65.1 Å². The second kappa shape index (κ2) is 5.66. The van der Waals surface area contributed by atoms with Gasteiger partial charge in [0, 0.05) is 26.2 Å². The van der Waals surface area contributed by atoms with Gasteiger partial charge in [-0.15, -0.1) is 5.10 Å². The van der Waals surface area contributed by atoms with Gasteiger partial charge in [-0.2, -0.15) is 0 Å². The zero-order valence-corrected chi connectivity index (χ0v) is 11.0. The quantitative estimate of drug-likeness (QED) is 0.732. The molecule has 2 fully saturated rings. The van der Waals surface area contributed by atoms with E-state index in [2.05, 4.69) is 25.8 Å².